The molecule has 6 heteroatoms. The van der Waals surface area contributed by atoms with Gasteiger partial charge in [-0.05, 0) is 13.8 Å². The van der Waals surface area contributed by atoms with Crippen molar-refractivity contribution in [2.24, 2.45) is 0 Å². The summed E-state index contributed by atoms with van der Waals surface area (Å²) in [7, 11) is 3.63. The second-order valence-corrected chi connectivity index (χ2v) is 4.14. The van der Waals surface area contributed by atoms with Crippen molar-refractivity contribution in [1.82, 2.24) is 9.78 Å². The molecule has 94 valence electrons. The fourth-order valence-corrected chi connectivity index (χ4v) is 1.21. The molecule has 0 radical (unpaired) electrons. The minimum Gasteiger partial charge on any atom is -0.462 e. The van der Waals surface area contributed by atoms with Crippen LogP contribution in [-0.2, 0) is 16.1 Å². The molecule has 0 saturated heterocycles. The van der Waals surface area contributed by atoms with E-state index in [2.05, 4.69) is 5.10 Å². The molecule has 17 heavy (non-hydrogen) atoms. The summed E-state index contributed by atoms with van der Waals surface area (Å²) in [6, 6.07) is 1.43. The summed E-state index contributed by atoms with van der Waals surface area (Å²) in [6.45, 7) is 3.34. The first-order chi connectivity index (χ1) is 7.90. The molecule has 1 heterocycles. The van der Waals surface area contributed by atoms with E-state index in [4.69, 9.17) is 4.74 Å². The first-order valence-corrected chi connectivity index (χ1v) is 5.34. The predicted octanol–water partition coefficient (Wildman–Crippen LogP) is 0.261. The Hall–Kier alpha value is -1.85. The number of hydrogen-bond acceptors (Lipinski definition) is 5. The van der Waals surface area contributed by atoms with Gasteiger partial charge < -0.3 is 9.64 Å². The van der Waals surface area contributed by atoms with Gasteiger partial charge in [-0.3, -0.25) is 9.59 Å². The largest absolute Gasteiger partial charge is 0.462 e. The second kappa shape index (κ2) is 5.47. The van der Waals surface area contributed by atoms with Crippen molar-refractivity contribution in [3.63, 3.8) is 0 Å². The summed E-state index contributed by atoms with van der Waals surface area (Å²) in [5, 5.41) is 3.91. The number of esters is 1. The molecule has 1 aromatic heterocycles. The highest BCUT2D eigenvalue weighted by Gasteiger charge is 2.09. The highest BCUT2D eigenvalue weighted by atomic mass is 16.5. The Bertz CT molecular complexity index is 452. The lowest BCUT2D eigenvalue weighted by molar-refractivity contribution is -0.148. The van der Waals surface area contributed by atoms with E-state index in [0.29, 0.717) is 5.69 Å². The first-order valence-electron chi connectivity index (χ1n) is 5.34. The van der Waals surface area contributed by atoms with Crippen molar-refractivity contribution < 1.29 is 9.53 Å². The van der Waals surface area contributed by atoms with E-state index >= 15 is 0 Å². The Kier molecular flexibility index (Phi) is 4.25. The van der Waals surface area contributed by atoms with Gasteiger partial charge in [0.1, 0.15) is 6.54 Å². The third kappa shape index (κ3) is 3.90. The summed E-state index contributed by atoms with van der Waals surface area (Å²) in [5.41, 5.74) is 0.375. The van der Waals surface area contributed by atoms with Gasteiger partial charge in [-0.15, -0.1) is 0 Å². The summed E-state index contributed by atoms with van der Waals surface area (Å²) in [4.78, 5) is 24.8. The molecule has 0 bridgehead atoms. The average Bonchev–Trinajstić information content (AvgIpc) is 2.19. The number of rotatable bonds is 4. The van der Waals surface area contributed by atoms with Crippen LogP contribution in [0.4, 0.5) is 5.69 Å². The zero-order valence-electron chi connectivity index (χ0n) is 10.5. The van der Waals surface area contributed by atoms with Crippen molar-refractivity contribution in [3.8, 4) is 0 Å². The fraction of sp³-hybridized carbons (Fsp3) is 0.545. The van der Waals surface area contributed by atoms with Crippen LogP contribution in [0.15, 0.2) is 17.1 Å². The maximum atomic E-state index is 11.6. The van der Waals surface area contributed by atoms with Gasteiger partial charge in [0, 0.05) is 20.2 Å². The van der Waals surface area contributed by atoms with E-state index in [9.17, 15) is 9.59 Å². The van der Waals surface area contributed by atoms with Crippen LogP contribution in [0.5, 0.6) is 0 Å². The van der Waals surface area contributed by atoms with Gasteiger partial charge >= 0.3 is 5.97 Å². The third-order valence-electron chi connectivity index (χ3n) is 2.02. The van der Waals surface area contributed by atoms with Gasteiger partial charge in [-0.2, -0.15) is 5.10 Å². The maximum Gasteiger partial charge on any atom is 0.328 e. The Morgan fingerprint density at radius 1 is 1.53 bits per heavy atom. The SMILES string of the molecule is CC(C)OC(=O)Cn1ncc(N(C)C)cc1=O. The van der Waals surface area contributed by atoms with E-state index in [-0.39, 0.29) is 18.2 Å². The van der Waals surface area contributed by atoms with Crippen LogP contribution in [0.2, 0.25) is 0 Å². The lowest BCUT2D eigenvalue weighted by atomic mass is 10.4. The predicted molar refractivity (Wildman–Crippen MR) is 64.1 cm³/mol. The fourth-order valence-electron chi connectivity index (χ4n) is 1.21. The number of hydrogen-bond donors (Lipinski definition) is 0. The van der Waals surface area contributed by atoms with E-state index in [1.807, 2.05) is 14.1 Å². The molecule has 1 rings (SSSR count). The van der Waals surface area contributed by atoms with Crippen molar-refractivity contribution in [2.45, 2.75) is 26.5 Å². The third-order valence-corrected chi connectivity index (χ3v) is 2.02. The normalized spacial score (nSPS) is 10.4. The summed E-state index contributed by atoms with van der Waals surface area (Å²) >= 11 is 0. The van der Waals surface area contributed by atoms with Gasteiger partial charge in [-0.25, -0.2) is 4.68 Å². The monoisotopic (exact) mass is 239 g/mol. The molecule has 0 spiro atoms. The van der Waals surface area contributed by atoms with E-state index in [1.165, 1.54) is 12.3 Å². The molecule has 6 nitrogen and oxygen atoms in total. The van der Waals surface area contributed by atoms with Crippen LogP contribution in [0.1, 0.15) is 13.8 Å². The average molecular weight is 239 g/mol. The highest BCUT2D eigenvalue weighted by molar-refractivity contribution is 5.69. The number of carbonyl (C=O) groups is 1. The number of aromatic nitrogens is 2. The first kappa shape index (κ1) is 13.2. The molecule has 0 aliphatic rings. The van der Waals surface area contributed by atoms with Crippen LogP contribution in [0.3, 0.4) is 0 Å². The molecule has 0 fully saturated rings. The quantitative estimate of drug-likeness (QED) is 0.705. The van der Waals surface area contributed by atoms with Gasteiger partial charge in [0.25, 0.3) is 5.56 Å². The molecule has 0 amide bonds. The number of nitrogens with zero attached hydrogens (tertiary/aromatic N) is 3. The Morgan fingerprint density at radius 2 is 2.18 bits per heavy atom. The van der Waals surface area contributed by atoms with E-state index in [1.54, 1.807) is 18.7 Å². The van der Waals surface area contributed by atoms with Crippen LogP contribution >= 0.6 is 0 Å². The molecule has 0 saturated carbocycles. The number of ether oxygens (including phenoxy) is 1. The van der Waals surface area contributed by atoms with Gasteiger partial charge in [0.2, 0.25) is 0 Å². The molecule has 0 aliphatic carbocycles. The minimum atomic E-state index is -0.466. The Labute approximate surface area is 99.8 Å². The maximum absolute atomic E-state index is 11.6. The molecule has 0 aromatic carbocycles. The van der Waals surface area contributed by atoms with E-state index in [0.717, 1.165) is 4.68 Å². The van der Waals surface area contributed by atoms with Crippen molar-refractivity contribution >= 4 is 11.7 Å². The zero-order valence-corrected chi connectivity index (χ0v) is 10.5. The second-order valence-electron chi connectivity index (χ2n) is 4.14. The standard InChI is InChI=1S/C11H17N3O3/c1-8(2)17-11(16)7-14-10(15)5-9(6-12-14)13(3)4/h5-6,8H,7H2,1-4H3. The topological polar surface area (TPSA) is 64.4 Å². The van der Waals surface area contributed by atoms with Gasteiger partial charge in [0.15, 0.2) is 0 Å². The summed E-state index contributed by atoms with van der Waals surface area (Å²) < 4.78 is 6.02. The zero-order chi connectivity index (χ0) is 13.0. The lowest BCUT2D eigenvalue weighted by Crippen LogP contribution is -2.29. The summed E-state index contributed by atoms with van der Waals surface area (Å²) in [5.74, 6) is -0.466. The Morgan fingerprint density at radius 3 is 2.65 bits per heavy atom. The lowest BCUT2D eigenvalue weighted by Gasteiger charge is -2.12. The number of carbonyl (C=O) groups excluding carboxylic acids is 1. The number of anilines is 1. The molecular formula is C11H17N3O3. The molecule has 0 aliphatic heterocycles. The molecule has 0 unspecified atom stereocenters. The van der Waals surface area contributed by atoms with Crippen LogP contribution in [0, 0.1) is 0 Å². The molecular weight excluding hydrogens is 222 g/mol. The van der Waals surface area contributed by atoms with E-state index < -0.39 is 5.97 Å². The van der Waals surface area contributed by atoms with Crippen molar-refractivity contribution in [3.05, 3.63) is 22.6 Å². The van der Waals surface area contributed by atoms with Crippen LogP contribution < -0.4 is 10.5 Å². The van der Waals surface area contributed by atoms with Gasteiger partial charge in [-0.1, -0.05) is 0 Å². The van der Waals surface area contributed by atoms with Crippen LogP contribution in [0.25, 0.3) is 0 Å². The molecule has 1 aromatic rings. The van der Waals surface area contributed by atoms with Gasteiger partial charge in [0.05, 0.1) is 18.0 Å². The molecule has 0 atom stereocenters. The molecule has 0 N–H and O–H groups in total. The van der Waals surface area contributed by atoms with Crippen LogP contribution in [-0.4, -0.2) is 35.9 Å². The summed E-state index contributed by atoms with van der Waals surface area (Å²) in [6.07, 6.45) is 1.34. The van der Waals surface area contributed by atoms with Crippen molar-refractivity contribution in [2.75, 3.05) is 19.0 Å². The smallest absolute Gasteiger partial charge is 0.328 e. The van der Waals surface area contributed by atoms with Crippen molar-refractivity contribution in [1.29, 1.82) is 0 Å². The minimum absolute atomic E-state index is 0.162. The highest BCUT2D eigenvalue weighted by Crippen LogP contribution is 2.03. The Balaban J connectivity index is 2.80.